The van der Waals surface area contributed by atoms with Gasteiger partial charge >= 0.3 is 0 Å². The van der Waals surface area contributed by atoms with Gasteiger partial charge in [-0.05, 0) is 45.6 Å². The Labute approximate surface area is 152 Å². The highest BCUT2D eigenvalue weighted by molar-refractivity contribution is 5.79. The van der Waals surface area contributed by atoms with E-state index in [1.807, 2.05) is 25.2 Å². The molecule has 6 nitrogen and oxygen atoms in total. The molecule has 0 unspecified atom stereocenters. The number of methoxy groups -OCH3 is 1. The van der Waals surface area contributed by atoms with E-state index in [1.54, 1.807) is 7.11 Å². The van der Waals surface area contributed by atoms with Gasteiger partial charge in [0.05, 0.1) is 7.11 Å². The van der Waals surface area contributed by atoms with Crippen molar-refractivity contribution < 1.29 is 4.74 Å². The molecule has 1 aliphatic heterocycles. The van der Waals surface area contributed by atoms with Gasteiger partial charge in [-0.15, -0.1) is 0 Å². The normalized spacial score (nSPS) is 17.2. The molecule has 1 saturated heterocycles. The summed E-state index contributed by atoms with van der Waals surface area (Å²) in [4.78, 5) is 9.29. The van der Waals surface area contributed by atoms with Crippen molar-refractivity contribution in [2.45, 2.75) is 19.4 Å². The predicted molar refractivity (Wildman–Crippen MR) is 104 cm³/mol. The molecule has 0 bridgehead atoms. The number of nitrogens with zero attached hydrogens (tertiary/aromatic N) is 3. The summed E-state index contributed by atoms with van der Waals surface area (Å²) < 4.78 is 5.39. The minimum absolute atomic E-state index is 0.697. The predicted octanol–water partition coefficient (Wildman–Crippen LogP) is 1.39. The molecule has 1 aliphatic rings. The van der Waals surface area contributed by atoms with Crippen molar-refractivity contribution in [3.8, 4) is 5.75 Å². The van der Waals surface area contributed by atoms with Gasteiger partial charge in [-0.3, -0.25) is 4.99 Å². The average Bonchev–Trinajstić information content (AvgIpc) is 2.85. The molecule has 6 heteroatoms. The number of aliphatic imine (C=N–C) groups is 1. The van der Waals surface area contributed by atoms with Gasteiger partial charge < -0.3 is 25.2 Å². The first-order valence-corrected chi connectivity index (χ1v) is 9.20. The lowest BCUT2D eigenvalue weighted by Crippen LogP contribution is -2.38. The molecule has 0 amide bonds. The maximum absolute atomic E-state index is 5.39. The maximum atomic E-state index is 5.39. The highest BCUT2D eigenvalue weighted by Gasteiger charge is 2.11. The van der Waals surface area contributed by atoms with Gasteiger partial charge in [-0.2, -0.15) is 0 Å². The Kier molecular flexibility index (Phi) is 8.55. The summed E-state index contributed by atoms with van der Waals surface area (Å²) in [5.74, 6) is 1.73. The SMILES string of the molecule is CN=C(NCCCN1CCCN(C)CC1)NCc1ccccc1OC. The van der Waals surface area contributed by atoms with E-state index >= 15 is 0 Å². The summed E-state index contributed by atoms with van der Waals surface area (Å²) in [5.41, 5.74) is 1.13. The third-order valence-electron chi connectivity index (χ3n) is 4.62. The average molecular weight is 348 g/mol. The summed E-state index contributed by atoms with van der Waals surface area (Å²) in [6.45, 7) is 7.55. The van der Waals surface area contributed by atoms with Crippen LogP contribution in [0.3, 0.4) is 0 Å². The smallest absolute Gasteiger partial charge is 0.191 e. The second kappa shape index (κ2) is 10.9. The van der Waals surface area contributed by atoms with Crippen LogP contribution in [0.5, 0.6) is 5.75 Å². The third-order valence-corrected chi connectivity index (χ3v) is 4.62. The van der Waals surface area contributed by atoms with Crippen LogP contribution in [0.25, 0.3) is 0 Å². The molecule has 25 heavy (non-hydrogen) atoms. The van der Waals surface area contributed by atoms with E-state index in [9.17, 15) is 0 Å². The minimum Gasteiger partial charge on any atom is -0.496 e. The van der Waals surface area contributed by atoms with Crippen LogP contribution in [0.4, 0.5) is 0 Å². The molecular weight excluding hydrogens is 314 g/mol. The summed E-state index contributed by atoms with van der Waals surface area (Å²) >= 11 is 0. The fourth-order valence-corrected chi connectivity index (χ4v) is 3.08. The molecule has 2 N–H and O–H groups in total. The Morgan fingerprint density at radius 1 is 1.16 bits per heavy atom. The van der Waals surface area contributed by atoms with E-state index in [0.29, 0.717) is 6.54 Å². The standard InChI is InChI=1S/C19H33N5O/c1-20-19(22-16-17-8-4-5-9-18(17)25-3)21-10-6-12-24-13-7-11-23(2)14-15-24/h4-5,8-9H,6-7,10-16H2,1-3H3,(H2,20,21,22). The van der Waals surface area contributed by atoms with E-state index in [-0.39, 0.29) is 0 Å². The zero-order valence-corrected chi connectivity index (χ0v) is 15.9. The Morgan fingerprint density at radius 2 is 2.00 bits per heavy atom. The van der Waals surface area contributed by atoms with Crippen LogP contribution < -0.4 is 15.4 Å². The van der Waals surface area contributed by atoms with Gasteiger partial charge in [0.2, 0.25) is 0 Å². The molecular formula is C19H33N5O. The van der Waals surface area contributed by atoms with Crippen molar-refractivity contribution >= 4 is 5.96 Å². The first-order valence-electron chi connectivity index (χ1n) is 9.20. The fraction of sp³-hybridized carbons (Fsp3) is 0.632. The van der Waals surface area contributed by atoms with Crippen molar-refractivity contribution in [3.63, 3.8) is 0 Å². The van der Waals surface area contributed by atoms with E-state index in [1.165, 1.54) is 32.6 Å². The van der Waals surface area contributed by atoms with Gasteiger partial charge in [-0.25, -0.2) is 0 Å². The molecule has 2 rings (SSSR count). The molecule has 140 valence electrons. The third kappa shape index (κ3) is 6.92. The fourth-order valence-electron chi connectivity index (χ4n) is 3.08. The Bertz CT molecular complexity index is 534. The molecule has 0 aliphatic carbocycles. The quantitative estimate of drug-likeness (QED) is 0.443. The Hall–Kier alpha value is -1.79. The van der Waals surface area contributed by atoms with E-state index in [4.69, 9.17) is 4.74 Å². The molecule has 0 saturated carbocycles. The number of benzene rings is 1. The monoisotopic (exact) mass is 347 g/mol. The van der Waals surface area contributed by atoms with Crippen LogP contribution in [0.15, 0.2) is 29.3 Å². The number of guanidine groups is 1. The maximum Gasteiger partial charge on any atom is 0.191 e. The molecule has 1 aromatic carbocycles. The molecule has 0 aromatic heterocycles. The van der Waals surface area contributed by atoms with Crippen molar-refractivity contribution in [2.75, 3.05) is 60.5 Å². The summed E-state index contributed by atoms with van der Waals surface area (Å²) in [5, 5.41) is 6.76. The van der Waals surface area contributed by atoms with Gasteiger partial charge in [0, 0.05) is 38.8 Å². The van der Waals surface area contributed by atoms with E-state index in [0.717, 1.165) is 36.8 Å². The Balaban J connectivity index is 1.66. The number of para-hydroxylation sites is 1. The summed E-state index contributed by atoms with van der Waals surface area (Å²) in [7, 11) is 5.72. The van der Waals surface area contributed by atoms with Crippen LogP contribution in [-0.4, -0.2) is 76.2 Å². The van der Waals surface area contributed by atoms with Crippen molar-refractivity contribution in [1.29, 1.82) is 0 Å². The topological polar surface area (TPSA) is 52.1 Å². The van der Waals surface area contributed by atoms with Gasteiger partial charge in [0.1, 0.15) is 5.75 Å². The van der Waals surface area contributed by atoms with Crippen LogP contribution in [0.2, 0.25) is 0 Å². The number of hydrogen-bond donors (Lipinski definition) is 2. The number of nitrogens with one attached hydrogen (secondary N) is 2. The molecule has 1 aromatic rings. The lowest BCUT2D eigenvalue weighted by atomic mass is 10.2. The zero-order valence-electron chi connectivity index (χ0n) is 15.9. The lowest BCUT2D eigenvalue weighted by molar-refractivity contribution is 0.274. The zero-order chi connectivity index (χ0) is 17.9. The number of rotatable bonds is 7. The minimum atomic E-state index is 0.697. The van der Waals surface area contributed by atoms with E-state index in [2.05, 4.69) is 38.5 Å². The van der Waals surface area contributed by atoms with Crippen molar-refractivity contribution in [3.05, 3.63) is 29.8 Å². The van der Waals surface area contributed by atoms with Crippen LogP contribution in [-0.2, 0) is 6.54 Å². The van der Waals surface area contributed by atoms with Crippen molar-refractivity contribution in [2.24, 2.45) is 4.99 Å². The largest absolute Gasteiger partial charge is 0.496 e. The summed E-state index contributed by atoms with van der Waals surface area (Å²) in [6.07, 6.45) is 2.39. The van der Waals surface area contributed by atoms with Crippen molar-refractivity contribution in [1.82, 2.24) is 20.4 Å². The molecule has 0 radical (unpaired) electrons. The van der Waals surface area contributed by atoms with Gasteiger partial charge in [-0.1, -0.05) is 18.2 Å². The Morgan fingerprint density at radius 3 is 2.80 bits per heavy atom. The van der Waals surface area contributed by atoms with Crippen LogP contribution in [0.1, 0.15) is 18.4 Å². The van der Waals surface area contributed by atoms with Crippen LogP contribution >= 0.6 is 0 Å². The first-order chi connectivity index (χ1) is 12.2. The molecule has 0 atom stereocenters. The molecule has 0 spiro atoms. The number of hydrogen-bond acceptors (Lipinski definition) is 4. The second-order valence-electron chi connectivity index (χ2n) is 6.52. The highest BCUT2D eigenvalue weighted by atomic mass is 16.5. The molecule has 1 fully saturated rings. The van der Waals surface area contributed by atoms with E-state index < -0.39 is 0 Å². The molecule has 1 heterocycles. The first kappa shape index (κ1) is 19.5. The highest BCUT2D eigenvalue weighted by Crippen LogP contribution is 2.16. The second-order valence-corrected chi connectivity index (χ2v) is 6.52. The van der Waals surface area contributed by atoms with Gasteiger partial charge in [0.25, 0.3) is 0 Å². The number of likely N-dealkylation sites (N-methyl/N-ethyl adjacent to an activating group) is 1. The van der Waals surface area contributed by atoms with Crippen LogP contribution in [0, 0.1) is 0 Å². The number of ether oxygens (including phenoxy) is 1. The lowest BCUT2D eigenvalue weighted by Gasteiger charge is -2.20. The van der Waals surface area contributed by atoms with Gasteiger partial charge in [0.15, 0.2) is 5.96 Å². The summed E-state index contributed by atoms with van der Waals surface area (Å²) in [6, 6.07) is 8.05.